The Balaban J connectivity index is 1.74. The molecule has 0 saturated heterocycles. The van der Waals surface area contributed by atoms with Gasteiger partial charge in [-0.25, -0.2) is 14.8 Å². The van der Waals surface area contributed by atoms with E-state index in [1.54, 1.807) is 0 Å². The zero-order chi connectivity index (χ0) is 19.4. The molecule has 27 heavy (non-hydrogen) atoms. The predicted octanol–water partition coefficient (Wildman–Crippen LogP) is 3.17. The summed E-state index contributed by atoms with van der Waals surface area (Å²) in [7, 11) is 1.32. The molecule has 8 heteroatoms. The Bertz CT molecular complexity index is 972. The number of carbonyl (C=O) groups is 2. The van der Waals surface area contributed by atoms with Crippen molar-refractivity contribution in [2.24, 2.45) is 5.92 Å². The number of nitrogens with zero attached hydrogens (tertiary/aromatic N) is 2. The van der Waals surface area contributed by atoms with Crippen LogP contribution in [0, 0.1) is 5.92 Å². The summed E-state index contributed by atoms with van der Waals surface area (Å²) in [6.07, 6.45) is 2.21. The Morgan fingerprint density at radius 2 is 2.07 bits per heavy atom. The summed E-state index contributed by atoms with van der Waals surface area (Å²) in [6.45, 7) is 3.86. The Hall–Kier alpha value is -2.61. The highest BCUT2D eigenvalue weighted by Gasteiger charge is 2.26. The summed E-state index contributed by atoms with van der Waals surface area (Å²) in [4.78, 5) is 32.8. The number of fused-ring (bicyclic) bond motifs is 3. The van der Waals surface area contributed by atoms with E-state index in [2.05, 4.69) is 15.3 Å². The van der Waals surface area contributed by atoms with Gasteiger partial charge in [0.2, 0.25) is 5.91 Å². The van der Waals surface area contributed by atoms with E-state index in [0.717, 1.165) is 22.9 Å². The Kier molecular flexibility index (Phi) is 5.95. The Morgan fingerprint density at radius 1 is 1.30 bits per heavy atom. The first kappa shape index (κ1) is 19.2. The molecule has 142 valence electrons. The smallest absolute Gasteiger partial charge is 0.328 e. The van der Waals surface area contributed by atoms with Crippen LogP contribution in [0.2, 0.25) is 0 Å². The van der Waals surface area contributed by atoms with Crippen molar-refractivity contribution >= 4 is 45.7 Å². The fraction of sp³-hybridized carbons (Fsp3) is 0.368. The summed E-state index contributed by atoms with van der Waals surface area (Å²) in [5, 5.41) is 4.25. The van der Waals surface area contributed by atoms with Crippen molar-refractivity contribution in [2.45, 2.75) is 31.3 Å². The highest BCUT2D eigenvalue weighted by molar-refractivity contribution is 8.00. The molecular formula is C19H21N3O4S. The molecule has 0 spiro atoms. The number of furan rings is 1. The molecule has 0 aliphatic carbocycles. The lowest BCUT2D eigenvalue weighted by atomic mass is 9.99. The van der Waals surface area contributed by atoms with Crippen molar-refractivity contribution < 1.29 is 18.7 Å². The first-order chi connectivity index (χ1) is 13.0. The molecule has 3 aromatic rings. The third-order valence-electron chi connectivity index (χ3n) is 4.45. The third-order valence-corrected chi connectivity index (χ3v) is 5.42. The van der Waals surface area contributed by atoms with Gasteiger partial charge < -0.3 is 14.5 Å². The zero-order valence-corrected chi connectivity index (χ0v) is 16.2. The van der Waals surface area contributed by atoms with E-state index in [0.29, 0.717) is 10.6 Å². The predicted molar refractivity (Wildman–Crippen MR) is 103 cm³/mol. The largest absolute Gasteiger partial charge is 0.467 e. The van der Waals surface area contributed by atoms with E-state index in [9.17, 15) is 9.59 Å². The highest BCUT2D eigenvalue weighted by atomic mass is 32.2. The second kappa shape index (κ2) is 8.39. The van der Waals surface area contributed by atoms with Gasteiger partial charge in [0.25, 0.3) is 0 Å². The fourth-order valence-corrected chi connectivity index (χ4v) is 3.49. The van der Waals surface area contributed by atoms with Gasteiger partial charge in [-0.15, -0.1) is 0 Å². The summed E-state index contributed by atoms with van der Waals surface area (Å²) in [6, 6.07) is 6.94. The number of aromatic nitrogens is 2. The number of carbonyl (C=O) groups excluding carboxylic acids is 2. The van der Waals surface area contributed by atoms with Gasteiger partial charge in [0, 0.05) is 5.39 Å². The van der Waals surface area contributed by atoms with Crippen LogP contribution in [0.25, 0.3) is 22.1 Å². The lowest BCUT2D eigenvalue weighted by Gasteiger charge is -2.21. The molecule has 7 nitrogen and oxygen atoms in total. The number of nitrogens with one attached hydrogen (secondary N) is 1. The summed E-state index contributed by atoms with van der Waals surface area (Å²) < 4.78 is 10.7. The van der Waals surface area contributed by atoms with Crippen LogP contribution in [0.3, 0.4) is 0 Å². The van der Waals surface area contributed by atoms with Crippen molar-refractivity contribution in [2.75, 3.05) is 12.9 Å². The number of para-hydroxylation sites is 1. The molecule has 2 heterocycles. The molecule has 3 rings (SSSR count). The van der Waals surface area contributed by atoms with Crippen LogP contribution in [-0.4, -0.2) is 40.7 Å². The van der Waals surface area contributed by atoms with Crippen molar-refractivity contribution in [3.8, 4) is 0 Å². The molecule has 0 unspecified atom stereocenters. The van der Waals surface area contributed by atoms with Crippen LogP contribution in [0.5, 0.6) is 0 Å². The third kappa shape index (κ3) is 4.05. The minimum absolute atomic E-state index is 0.0208. The lowest BCUT2D eigenvalue weighted by Crippen LogP contribution is -2.46. The number of amides is 1. The van der Waals surface area contributed by atoms with E-state index in [1.165, 1.54) is 25.2 Å². The van der Waals surface area contributed by atoms with E-state index < -0.39 is 12.0 Å². The van der Waals surface area contributed by atoms with Crippen LogP contribution >= 0.6 is 11.8 Å². The SMILES string of the molecule is CC[C@H](C)[C@H](NC(=O)CSc1ncnc2c1oc1ccccc12)C(=O)OC. The first-order valence-electron chi connectivity index (χ1n) is 8.67. The summed E-state index contributed by atoms with van der Waals surface area (Å²) in [5.74, 6) is -0.622. The fourth-order valence-electron chi connectivity index (χ4n) is 2.75. The monoisotopic (exact) mass is 387 g/mol. The minimum Gasteiger partial charge on any atom is -0.467 e. The van der Waals surface area contributed by atoms with Crippen LogP contribution in [0.1, 0.15) is 20.3 Å². The van der Waals surface area contributed by atoms with Crippen molar-refractivity contribution in [1.82, 2.24) is 15.3 Å². The number of ether oxygens (including phenoxy) is 1. The molecule has 0 radical (unpaired) electrons. The van der Waals surface area contributed by atoms with Gasteiger partial charge in [0.15, 0.2) is 5.58 Å². The summed E-state index contributed by atoms with van der Waals surface area (Å²) in [5.41, 5.74) is 2.00. The van der Waals surface area contributed by atoms with Gasteiger partial charge in [-0.05, 0) is 18.1 Å². The average molecular weight is 387 g/mol. The van der Waals surface area contributed by atoms with Gasteiger partial charge in [0.1, 0.15) is 28.5 Å². The standard InChI is InChI=1S/C19H21N3O4S/c1-4-11(2)15(19(24)25-3)22-14(23)9-27-18-17-16(20-10-21-18)12-7-5-6-8-13(12)26-17/h5-8,10-11,15H,4,9H2,1-3H3,(H,22,23)/t11-,15-/m0/s1. The second-order valence-electron chi connectivity index (χ2n) is 6.20. The van der Waals surface area contributed by atoms with E-state index in [4.69, 9.17) is 9.15 Å². The molecule has 0 aliphatic heterocycles. The van der Waals surface area contributed by atoms with Gasteiger partial charge in [-0.2, -0.15) is 0 Å². The molecule has 0 bridgehead atoms. The van der Waals surface area contributed by atoms with Crippen molar-refractivity contribution in [1.29, 1.82) is 0 Å². The van der Waals surface area contributed by atoms with E-state index in [1.807, 2.05) is 38.1 Å². The number of benzene rings is 1. The summed E-state index contributed by atoms with van der Waals surface area (Å²) >= 11 is 1.24. The molecule has 0 aliphatic rings. The molecular weight excluding hydrogens is 366 g/mol. The number of hydrogen-bond acceptors (Lipinski definition) is 7. The molecule has 1 amide bonds. The number of thioether (sulfide) groups is 1. The average Bonchev–Trinajstić information content (AvgIpc) is 3.08. The normalized spacial score (nSPS) is 13.4. The number of methoxy groups -OCH3 is 1. The Morgan fingerprint density at radius 3 is 2.81 bits per heavy atom. The van der Waals surface area contributed by atoms with Crippen LogP contribution in [-0.2, 0) is 14.3 Å². The quantitative estimate of drug-likeness (QED) is 0.378. The number of esters is 1. The van der Waals surface area contributed by atoms with Crippen molar-refractivity contribution in [3.63, 3.8) is 0 Å². The zero-order valence-electron chi connectivity index (χ0n) is 15.4. The van der Waals surface area contributed by atoms with Gasteiger partial charge in [0.05, 0.1) is 12.9 Å². The molecule has 0 fully saturated rings. The maximum Gasteiger partial charge on any atom is 0.328 e. The molecule has 2 aromatic heterocycles. The van der Waals surface area contributed by atoms with Gasteiger partial charge in [-0.1, -0.05) is 44.2 Å². The lowest BCUT2D eigenvalue weighted by molar-refractivity contribution is -0.146. The van der Waals surface area contributed by atoms with Crippen molar-refractivity contribution in [3.05, 3.63) is 30.6 Å². The number of rotatable bonds is 7. The highest BCUT2D eigenvalue weighted by Crippen LogP contribution is 2.32. The second-order valence-corrected chi connectivity index (χ2v) is 7.16. The van der Waals surface area contributed by atoms with Gasteiger partial charge >= 0.3 is 5.97 Å². The van der Waals surface area contributed by atoms with E-state index >= 15 is 0 Å². The number of hydrogen-bond donors (Lipinski definition) is 1. The molecule has 2 atom stereocenters. The Labute approximate surface area is 160 Å². The van der Waals surface area contributed by atoms with Crippen LogP contribution in [0.15, 0.2) is 40.0 Å². The molecule has 1 N–H and O–H groups in total. The maximum atomic E-state index is 12.4. The maximum absolute atomic E-state index is 12.4. The van der Waals surface area contributed by atoms with E-state index in [-0.39, 0.29) is 17.6 Å². The topological polar surface area (TPSA) is 94.3 Å². The van der Waals surface area contributed by atoms with Gasteiger partial charge in [-0.3, -0.25) is 4.79 Å². The van der Waals surface area contributed by atoms with Crippen LogP contribution < -0.4 is 5.32 Å². The minimum atomic E-state index is -0.662. The molecule has 0 saturated carbocycles. The first-order valence-corrected chi connectivity index (χ1v) is 9.66. The van der Waals surface area contributed by atoms with Crippen LogP contribution in [0.4, 0.5) is 0 Å². The molecule has 1 aromatic carbocycles.